The summed E-state index contributed by atoms with van der Waals surface area (Å²) in [5.41, 5.74) is 3.13. The molecule has 3 heterocycles. The molecule has 3 aromatic rings. The molecule has 112 valence electrons. The lowest BCUT2D eigenvalue weighted by atomic mass is 10.1. The van der Waals surface area contributed by atoms with Gasteiger partial charge in [-0.15, -0.1) is 0 Å². The Morgan fingerprint density at radius 1 is 1.00 bits per heavy atom. The second kappa shape index (κ2) is 5.45. The van der Waals surface area contributed by atoms with Crippen molar-refractivity contribution in [2.24, 2.45) is 0 Å². The van der Waals surface area contributed by atoms with Crippen molar-refractivity contribution >= 4 is 23.5 Å². The lowest BCUT2D eigenvalue weighted by molar-refractivity contribution is -0.115. The molecule has 7 heteroatoms. The van der Waals surface area contributed by atoms with Gasteiger partial charge in [-0.25, -0.2) is 19.9 Å². The summed E-state index contributed by atoms with van der Waals surface area (Å²) in [7, 11) is 0. The van der Waals surface area contributed by atoms with E-state index in [0.717, 1.165) is 22.5 Å². The van der Waals surface area contributed by atoms with Crippen molar-refractivity contribution in [3.8, 4) is 11.3 Å². The summed E-state index contributed by atoms with van der Waals surface area (Å²) in [5.74, 6) is 0.731. The smallest absolute Gasteiger partial charge is 0.230 e. The first kappa shape index (κ1) is 13.3. The Bertz CT molecular complexity index is 881. The number of hydrogen-bond acceptors (Lipinski definition) is 6. The van der Waals surface area contributed by atoms with E-state index in [1.165, 1.54) is 0 Å². The highest BCUT2D eigenvalue weighted by atomic mass is 16.1. The van der Waals surface area contributed by atoms with Gasteiger partial charge in [0.15, 0.2) is 0 Å². The van der Waals surface area contributed by atoms with Crippen LogP contribution in [0.3, 0.4) is 0 Å². The summed E-state index contributed by atoms with van der Waals surface area (Å²) in [5, 5.41) is 5.85. The predicted molar refractivity (Wildman–Crippen MR) is 85.1 cm³/mol. The largest absolute Gasteiger partial charge is 0.325 e. The number of aromatic nitrogens is 4. The SMILES string of the molecule is O=C1Cc2cnc(Nc3ncccn3)nc2-c2ccccc2N1. The van der Waals surface area contributed by atoms with Gasteiger partial charge in [0, 0.05) is 29.7 Å². The number of amides is 1. The summed E-state index contributed by atoms with van der Waals surface area (Å²) in [6.07, 6.45) is 5.18. The van der Waals surface area contributed by atoms with Gasteiger partial charge < -0.3 is 5.32 Å². The number of fused-ring (bicyclic) bond motifs is 3. The number of hydrogen-bond donors (Lipinski definition) is 2. The highest BCUT2D eigenvalue weighted by molar-refractivity contribution is 5.99. The third-order valence-corrected chi connectivity index (χ3v) is 3.46. The van der Waals surface area contributed by atoms with E-state index in [1.807, 2.05) is 24.3 Å². The zero-order valence-electron chi connectivity index (χ0n) is 12.0. The van der Waals surface area contributed by atoms with Crippen LogP contribution in [-0.4, -0.2) is 25.8 Å². The number of nitrogens with one attached hydrogen (secondary N) is 2. The molecule has 1 aromatic carbocycles. The Morgan fingerprint density at radius 3 is 2.70 bits per heavy atom. The molecule has 0 unspecified atom stereocenters. The Kier molecular flexibility index (Phi) is 3.16. The molecule has 2 N–H and O–H groups in total. The molecule has 1 amide bonds. The van der Waals surface area contributed by atoms with E-state index in [4.69, 9.17) is 0 Å². The lowest BCUT2D eigenvalue weighted by Gasteiger charge is -2.09. The molecule has 2 aromatic heterocycles. The molecule has 0 bridgehead atoms. The molecule has 0 saturated carbocycles. The number of para-hydroxylation sites is 1. The van der Waals surface area contributed by atoms with Gasteiger partial charge in [0.2, 0.25) is 17.8 Å². The van der Waals surface area contributed by atoms with Crippen LogP contribution in [-0.2, 0) is 11.2 Å². The molecule has 23 heavy (non-hydrogen) atoms. The first-order chi connectivity index (χ1) is 11.3. The maximum absolute atomic E-state index is 12.0. The fraction of sp³-hybridized carbons (Fsp3) is 0.0625. The zero-order chi connectivity index (χ0) is 15.6. The van der Waals surface area contributed by atoms with Gasteiger partial charge >= 0.3 is 0 Å². The van der Waals surface area contributed by atoms with Crippen LogP contribution in [0.25, 0.3) is 11.3 Å². The molecule has 1 aliphatic heterocycles. The molecular weight excluding hydrogens is 292 g/mol. The Balaban J connectivity index is 1.79. The van der Waals surface area contributed by atoms with Gasteiger partial charge in [-0.3, -0.25) is 10.1 Å². The maximum Gasteiger partial charge on any atom is 0.230 e. The topological polar surface area (TPSA) is 92.7 Å². The average Bonchev–Trinajstić information content (AvgIpc) is 2.71. The van der Waals surface area contributed by atoms with Crippen LogP contribution < -0.4 is 10.6 Å². The summed E-state index contributed by atoms with van der Waals surface area (Å²) < 4.78 is 0. The first-order valence-corrected chi connectivity index (χ1v) is 7.09. The third-order valence-electron chi connectivity index (χ3n) is 3.46. The molecule has 0 atom stereocenters. The first-order valence-electron chi connectivity index (χ1n) is 7.09. The van der Waals surface area contributed by atoms with Crippen LogP contribution in [0.5, 0.6) is 0 Å². The normalized spacial score (nSPS) is 12.6. The highest BCUT2D eigenvalue weighted by Gasteiger charge is 2.20. The van der Waals surface area contributed by atoms with E-state index >= 15 is 0 Å². The van der Waals surface area contributed by atoms with Crippen molar-refractivity contribution in [3.05, 3.63) is 54.5 Å². The summed E-state index contributed by atoms with van der Waals surface area (Å²) >= 11 is 0. The Morgan fingerprint density at radius 2 is 1.83 bits per heavy atom. The summed E-state index contributed by atoms with van der Waals surface area (Å²) in [6.45, 7) is 0. The van der Waals surface area contributed by atoms with Crippen molar-refractivity contribution in [2.45, 2.75) is 6.42 Å². The fourth-order valence-electron chi connectivity index (χ4n) is 2.46. The highest BCUT2D eigenvalue weighted by Crippen LogP contribution is 2.32. The molecule has 0 saturated heterocycles. The van der Waals surface area contributed by atoms with Crippen molar-refractivity contribution < 1.29 is 4.79 Å². The maximum atomic E-state index is 12.0. The number of anilines is 3. The third kappa shape index (κ3) is 2.59. The molecule has 0 aliphatic carbocycles. The van der Waals surface area contributed by atoms with Gasteiger partial charge in [0.05, 0.1) is 17.8 Å². The van der Waals surface area contributed by atoms with Gasteiger partial charge in [0.1, 0.15) is 0 Å². The summed E-state index contributed by atoms with van der Waals surface area (Å²) in [4.78, 5) is 29.0. The monoisotopic (exact) mass is 304 g/mol. The van der Waals surface area contributed by atoms with Gasteiger partial charge in [-0.2, -0.15) is 0 Å². The Hall–Kier alpha value is -3.35. The molecule has 0 fully saturated rings. The van der Waals surface area contributed by atoms with Crippen molar-refractivity contribution in [1.29, 1.82) is 0 Å². The van der Waals surface area contributed by atoms with Crippen LogP contribution >= 0.6 is 0 Å². The van der Waals surface area contributed by atoms with E-state index < -0.39 is 0 Å². The van der Waals surface area contributed by atoms with Crippen LogP contribution in [0.4, 0.5) is 17.6 Å². The van der Waals surface area contributed by atoms with Crippen LogP contribution in [0.2, 0.25) is 0 Å². The molecule has 7 nitrogen and oxygen atoms in total. The van der Waals surface area contributed by atoms with E-state index in [-0.39, 0.29) is 12.3 Å². The zero-order valence-corrected chi connectivity index (χ0v) is 12.0. The minimum atomic E-state index is -0.0769. The number of nitrogens with zero attached hydrogens (tertiary/aromatic N) is 4. The molecule has 1 aliphatic rings. The minimum absolute atomic E-state index is 0.0769. The number of benzene rings is 1. The van der Waals surface area contributed by atoms with E-state index in [0.29, 0.717) is 11.9 Å². The lowest BCUT2D eigenvalue weighted by Crippen LogP contribution is -2.12. The molecule has 4 rings (SSSR count). The van der Waals surface area contributed by atoms with Crippen molar-refractivity contribution in [2.75, 3.05) is 10.6 Å². The van der Waals surface area contributed by atoms with Crippen molar-refractivity contribution in [3.63, 3.8) is 0 Å². The van der Waals surface area contributed by atoms with E-state index in [9.17, 15) is 4.79 Å². The van der Waals surface area contributed by atoms with Gasteiger partial charge in [-0.1, -0.05) is 18.2 Å². The molecule has 0 radical (unpaired) electrons. The van der Waals surface area contributed by atoms with Crippen LogP contribution in [0, 0.1) is 0 Å². The second-order valence-electron chi connectivity index (χ2n) is 5.04. The standard InChI is InChI=1S/C16H12N6O/c23-13-8-10-9-19-16(22-15-17-6-3-7-18-15)21-14(10)11-4-1-2-5-12(11)20-13/h1-7,9H,8H2,(H,20,23)(H,17,18,19,21,22). The average molecular weight is 304 g/mol. The van der Waals surface area contributed by atoms with Crippen molar-refractivity contribution in [1.82, 2.24) is 19.9 Å². The second-order valence-corrected chi connectivity index (χ2v) is 5.04. The number of carbonyl (C=O) groups excluding carboxylic acids is 1. The predicted octanol–water partition coefficient (Wildman–Crippen LogP) is 2.17. The molecular formula is C16H12N6O. The number of carbonyl (C=O) groups is 1. The van der Waals surface area contributed by atoms with Crippen LogP contribution in [0.15, 0.2) is 48.9 Å². The number of rotatable bonds is 2. The van der Waals surface area contributed by atoms with E-state index in [2.05, 4.69) is 30.6 Å². The summed E-state index contributed by atoms with van der Waals surface area (Å²) in [6, 6.07) is 9.31. The van der Waals surface area contributed by atoms with Gasteiger partial charge in [0.25, 0.3) is 0 Å². The molecule has 0 spiro atoms. The quantitative estimate of drug-likeness (QED) is 0.753. The fourth-order valence-corrected chi connectivity index (χ4v) is 2.46. The van der Waals surface area contributed by atoms with E-state index in [1.54, 1.807) is 24.7 Å². The minimum Gasteiger partial charge on any atom is -0.325 e. The Labute approximate surface area is 131 Å². The van der Waals surface area contributed by atoms with Crippen LogP contribution in [0.1, 0.15) is 5.56 Å². The van der Waals surface area contributed by atoms with Gasteiger partial charge in [-0.05, 0) is 12.1 Å².